The topological polar surface area (TPSA) is 41.6 Å². The Hall–Kier alpha value is -2.04. The SMILES string of the molecule is CCOc1ccc(CCC(=O)N2CCNCC2c2ccccc2Cl)cc1. The van der Waals surface area contributed by atoms with Crippen LogP contribution in [0.5, 0.6) is 5.75 Å². The first-order valence-electron chi connectivity index (χ1n) is 9.15. The zero-order valence-electron chi connectivity index (χ0n) is 15.1. The lowest BCUT2D eigenvalue weighted by atomic mass is 10.0. The number of amides is 1. The molecule has 0 aliphatic carbocycles. The first-order chi connectivity index (χ1) is 12.7. The van der Waals surface area contributed by atoms with Crippen LogP contribution in [-0.4, -0.2) is 37.0 Å². The molecule has 1 atom stereocenters. The molecule has 4 nitrogen and oxygen atoms in total. The molecule has 1 aliphatic heterocycles. The molecule has 1 fully saturated rings. The monoisotopic (exact) mass is 372 g/mol. The van der Waals surface area contributed by atoms with E-state index in [9.17, 15) is 4.79 Å². The number of benzene rings is 2. The molecule has 1 aliphatic rings. The lowest BCUT2D eigenvalue weighted by Gasteiger charge is -2.37. The Bertz CT molecular complexity index is 733. The number of hydrogen-bond donors (Lipinski definition) is 1. The standard InChI is InChI=1S/C21H25ClN2O2/c1-2-26-17-10-7-16(8-11-17)9-12-21(25)24-14-13-23-15-20(24)18-5-3-4-6-19(18)22/h3-8,10-11,20,23H,2,9,12-15H2,1H3. The van der Waals surface area contributed by atoms with Crippen LogP contribution < -0.4 is 10.1 Å². The summed E-state index contributed by atoms with van der Waals surface area (Å²) in [5, 5.41) is 4.08. The van der Waals surface area contributed by atoms with Crippen LogP contribution >= 0.6 is 11.6 Å². The van der Waals surface area contributed by atoms with E-state index in [-0.39, 0.29) is 11.9 Å². The van der Waals surface area contributed by atoms with Gasteiger partial charge in [-0.25, -0.2) is 0 Å². The second-order valence-corrected chi connectivity index (χ2v) is 6.81. The fourth-order valence-electron chi connectivity index (χ4n) is 3.34. The van der Waals surface area contributed by atoms with Crippen LogP contribution in [0.3, 0.4) is 0 Å². The van der Waals surface area contributed by atoms with Gasteiger partial charge in [-0.1, -0.05) is 41.9 Å². The molecule has 138 valence electrons. The molecule has 0 radical (unpaired) electrons. The largest absolute Gasteiger partial charge is 0.494 e. The molecule has 0 bridgehead atoms. The number of nitrogens with one attached hydrogen (secondary N) is 1. The molecular weight excluding hydrogens is 348 g/mol. The Kier molecular flexibility index (Phi) is 6.53. The van der Waals surface area contributed by atoms with Crippen molar-refractivity contribution < 1.29 is 9.53 Å². The van der Waals surface area contributed by atoms with E-state index in [0.717, 1.165) is 36.4 Å². The highest BCUT2D eigenvalue weighted by molar-refractivity contribution is 6.31. The van der Waals surface area contributed by atoms with E-state index in [4.69, 9.17) is 16.3 Å². The lowest BCUT2D eigenvalue weighted by Crippen LogP contribution is -2.48. The predicted octanol–water partition coefficient (Wildman–Crippen LogP) is 3.84. The van der Waals surface area contributed by atoms with Gasteiger partial charge in [-0.05, 0) is 42.7 Å². The number of halogens is 1. The fourth-order valence-corrected chi connectivity index (χ4v) is 3.60. The third kappa shape index (κ3) is 4.57. The summed E-state index contributed by atoms with van der Waals surface area (Å²) in [6.07, 6.45) is 1.22. The van der Waals surface area contributed by atoms with Crippen LogP contribution in [0.2, 0.25) is 5.02 Å². The van der Waals surface area contributed by atoms with Gasteiger partial charge in [0, 0.05) is 31.1 Å². The summed E-state index contributed by atoms with van der Waals surface area (Å²) < 4.78 is 5.46. The minimum Gasteiger partial charge on any atom is -0.494 e. The molecule has 26 heavy (non-hydrogen) atoms. The van der Waals surface area contributed by atoms with Gasteiger partial charge in [-0.2, -0.15) is 0 Å². The molecule has 1 unspecified atom stereocenters. The number of carbonyl (C=O) groups is 1. The van der Waals surface area contributed by atoms with Gasteiger partial charge in [0.15, 0.2) is 0 Å². The van der Waals surface area contributed by atoms with Crippen LogP contribution in [-0.2, 0) is 11.2 Å². The molecule has 0 aromatic heterocycles. The smallest absolute Gasteiger partial charge is 0.223 e. The Morgan fingerprint density at radius 2 is 2.00 bits per heavy atom. The van der Waals surface area contributed by atoms with Crippen molar-refractivity contribution in [2.75, 3.05) is 26.2 Å². The van der Waals surface area contributed by atoms with Crippen molar-refractivity contribution in [3.05, 3.63) is 64.7 Å². The molecule has 1 saturated heterocycles. The van der Waals surface area contributed by atoms with Crippen LogP contribution in [0.25, 0.3) is 0 Å². The maximum atomic E-state index is 12.9. The lowest BCUT2D eigenvalue weighted by molar-refractivity contribution is -0.134. The first-order valence-corrected chi connectivity index (χ1v) is 9.53. The van der Waals surface area contributed by atoms with Gasteiger partial charge < -0.3 is 15.0 Å². The number of rotatable bonds is 6. The van der Waals surface area contributed by atoms with E-state index < -0.39 is 0 Å². The van der Waals surface area contributed by atoms with E-state index in [0.29, 0.717) is 24.6 Å². The molecule has 5 heteroatoms. The van der Waals surface area contributed by atoms with E-state index >= 15 is 0 Å². The maximum Gasteiger partial charge on any atom is 0.223 e. The van der Waals surface area contributed by atoms with E-state index in [1.165, 1.54) is 0 Å². The van der Waals surface area contributed by atoms with Gasteiger partial charge in [0.25, 0.3) is 0 Å². The summed E-state index contributed by atoms with van der Waals surface area (Å²) in [6, 6.07) is 15.7. The van der Waals surface area contributed by atoms with Gasteiger partial charge in [0.2, 0.25) is 5.91 Å². The summed E-state index contributed by atoms with van der Waals surface area (Å²) in [5.74, 6) is 1.04. The van der Waals surface area contributed by atoms with Crippen LogP contribution in [0.4, 0.5) is 0 Å². The van der Waals surface area contributed by atoms with Gasteiger partial charge in [0.1, 0.15) is 5.75 Å². The maximum absolute atomic E-state index is 12.9. The highest BCUT2D eigenvalue weighted by Gasteiger charge is 2.28. The van der Waals surface area contributed by atoms with Gasteiger partial charge in [-0.3, -0.25) is 4.79 Å². The van der Waals surface area contributed by atoms with Crippen molar-refractivity contribution in [3.63, 3.8) is 0 Å². The van der Waals surface area contributed by atoms with Crippen molar-refractivity contribution in [2.45, 2.75) is 25.8 Å². The molecule has 0 saturated carbocycles. The highest BCUT2D eigenvalue weighted by Crippen LogP contribution is 2.29. The Balaban J connectivity index is 1.64. The van der Waals surface area contributed by atoms with Crippen molar-refractivity contribution >= 4 is 17.5 Å². The average molecular weight is 373 g/mol. The molecule has 1 amide bonds. The van der Waals surface area contributed by atoms with Crippen LogP contribution in [0, 0.1) is 0 Å². The summed E-state index contributed by atoms with van der Waals surface area (Å²) in [5.41, 5.74) is 2.15. The number of aryl methyl sites for hydroxylation is 1. The number of ether oxygens (including phenoxy) is 1. The van der Waals surface area contributed by atoms with E-state index in [1.807, 2.05) is 60.4 Å². The summed E-state index contributed by atoms with van der Waals surface area (Å²) in [6.45, 7) is 4.88. The van der Waals surface area contributed by atoms with E-state index in [1.54, 1.807) is 0 Å². The average Bonchev–Trinajstić information content (AvgIpc) is 2.68. The Labute approximate surface area is 160 Å². The molecule has 2 aromatic rings. The fraction of sp³-hybridized carbons (Fsp3) is 0.381. The Morgan fingerprint density at radius 3 is 2.73 bits per heavy atom. The minimum absolute atomic E-state index is 0.00900. The summed E-state index contributed by atoms with van der Waals surface area (Å²) >= 11 is 6.36. The molecule has 3 rings (SSSR count). The van der Waals surface area contributed by atoms with Crippen molar-refractivity contribution in [1.29, 1.82) is 0 Å². The second kappa shape index (κ2) is 9.06. The third-order valence-corrected chi connectivity index (χ3v) is 5.03. The summed E-state index contributed by atoms with van der Waals surface area (Å²) in [7, 11) is 0. The third-order valence-electron chi connectivity index (χ3n) is 4.69. The number of piperazine rings is 1. The van der Waals surface area contributed by atoms with Gasteiger partial charge >= 0.3 is 0 Å². The number of nitrogens with zero attached hydrogens (tertiary/aromatic N) is 1. The minimum atomic E-state index is -0.00900. The van der Waals surface area contributed by atoms with Crippen LogP contribution in [0.15, 0.2) is 48.5 Å². The first kappa shape index (κ1) is 18.7. The number of carbonyl (C=O) groups excluding carboxylic acids is 1. The van der Waals surface area contributed by atoms with Crippen molar-refractivity contribution in [2.24, 2.45) is 0 Å². The van der Waals surface area contributed by atoms with Crippen molar-refractivity contribution in [1.82, 2.24) is 10.2 Å². The van der Waals surface area contributed by atoms with Gasteiger partial charge in [0.05, 0.1) is 12.6 Å². The number of hydrogen-bond acceptors (Lipinski definition) is 3. The normalized spacial score (nSPS) is 17.2. The molecule has 0 spiro atoms. The van der Waals surface area contributed by atoms with Crippen molar-refractivity contribution in [3.8, 4) is 5.75 Å². The van der Waals surface area contributed by atoms with Crippen LogP contribution in [0.1, 0.15) is 30.5 Å². The zero-order valence-corrected chi connectivity index (χ0v) is 15.8. The molecule has 1 heterocycles. The Morgan fingerprint density at radius 1 is 1.23 bits per heavy atom. The summed E-state index contributed by atoms with van der Waals surface area (Å²) in [4.78, 5) is 14.8. The van der Waals surface area contributed by atoms with Gasteiger partial charge in [-0.15, -0.1) is 0 Å². The quantitative estimate of drug-likeness (QED) is 0.837. The highest BCUT2D eigenvalue weighted by atomic mass is 35.5. The predicted molar refractivity (Wildman–Crippen MR) is 105 cm³/mol. The molecule has 2 aromatic carbocycles. The van der Waals surface area contributed by atoms with E-state index in [2.05, 4.69) is 5.32 Å². The molecular formula is C21H25ClN2O2. The second-order valence-electron chi connectivity index (χ2n) is 6.41. The zero-order chi connectivity index (χ0) is 18.4. The molecule has 1 N–H and O–H groups in total.